The van der Waals surface area contributed by atoms with Gasteiger partial charge in [0.1, 0.15) is 6.54 Å². The van der Waals surface area contributed by atoms with Crippen molar-refractivity contribution in [2.24, 2.45) is 5.41 Å². The Morgan fingerprint density at radius 2 is 1.80 bits per heavy atom. The van der Waals surface area contributed by atoms with E-state index < -0.39 is 0 Å². The van der Waals surface area contributed by atoms with E-state index in [4.69, 9.17) is 4.74 Å². The average molecular weight is 344 g/mol. The van der Waals surface area contributed by atoms with Gasteiger partial charge in [-0.05, 0) is 50.8 Å². The van der Waals surface area contributed by atoms with Crippen LogP contribution >= 0.6 is 0 Å². The molecule has 5 heteroatoms. The van der Waals surface area contributed by atoms with E-state index in [0.29, 0.717) is 13.0 Å². The van der Waals surface area contributed by atoms with Crippen LogP contribution in [0, 0.1) is 5.41 Å². The van der Waals surface area contributed by atoms with Crippen molar-refractivity contribution < 1.29 is 14.3 Å². The number of carbonyl (C=O) groups excluding carboxylic acids is 2. The van der Waals surface area contributed by atoms with Crippen LogP contribution in [0.1, 0.15) is 37.7 Å². The first-order valence-corrected chi connectivity index (χ1v) is 8.98. The lowest BCUT2D eigenvalue weighted by molar-refractivity contribution is -0.145. The van der Waals surface area contributed by atoms with Crippen molar-refractivity contribution in [2.75, 3.05) is 34.3 Å². The Kier molecular flexibility index (Phi) is 4.87. The summed E-state index contributed by atoms with van der Waals surface area (Å²) in [7, 11) is 5.66. The van der Waals surface area contributed by atoms with Crippen molar-refractivity contribution in [1.82, 2.24) is 9.80 Å². The molecule has 25 heavy (non-hydrogen) atoms. The van der Waals surface area contributed by atoms with Gasteiger partial charge in [0.2, 0.25) is 5.91 Å². The summed E-state index contributed by atoms with van der Waals surface area (Å²) in [5.74, 6) is -0.254. The fraction of sp³-hybridized carbons (Fsp3) is 0.600. The second-order valence-corrected chi connectivity index (χ2v) is 7.79. The maximum Gasteiger partial charge on any atom is 0.325 e. The van der Waals surface area contributed by atoms with Crippen LogP contribution in [0.2, 0.25) is 0 Å². The molecule has 1 heterocycles. The molecule has 2 aliphatic rings. The Bertz CT molecular complexity index is 634. The van der Waals surface area contributed by atoms with Crippen molar-refractivity contribution >= 4 is 11.9 Å². The molecule has 1 aliphatic carbocycles. The van der Waals surface area contributed by atoms with Gasteiger partial charge in [-0.1, -0.05) is 30.3 Å². The molecule has 0 radical (unpaired) electrons. The summed E-state index contributed by atoms with van der Waals surface area (Å²) in [6, 6.07) is 10.7. The third kappa shape index (κ3) is 3.30. The normalized spacial score (nSPS) is 29.4. The Morgan fingerprint density at radius 1 is 1.16 bits per heavy atom. The van der Waals surface area contributed by atoms with Crippen LogP contribution in [0.4, 0.5) is 0 Å². The molecule has 0 unspecified atom stereocenters. The molecule has 1 aromatic rings. The molecule has 0 N–H and O–H groups in total. The Morgan fingerprint density at radius 3 is 2.36 bits per heavy atom. The van der Waals surface area contributed by atoms with E-state index >= 15 is 0 Å². The molecule has 0 aromatic heterocycles. The molecular formula is C20H28N2O3. The van der Waals surface area contributed by atoms with Crippen LogP contribution < -0.4 is 0 Å². The quantitative estimate of drug-likeness (QED) is 0.787. The van der Waals surface area contributed by atoms with Gasteiger partial charge in [-0.2, -0.15) is 0 Å². The number of likely N-dealkylation sites (tertiary alicyclic amines) is 1. The van der Waals surface area contributed by atoms with Gasteiger partial charge in [-0.15, -0.1) is 0 Å². The zero-order valence-corrected chi connectivity index (χ0v) is 15.5. The van der Waals surface area contributed by atoms with E-state index in [9.17, 15) is 9.59 Å². The number of carbonyl (C=O) groups is 2. The molecule has 0 atom stereocenters. The minimum absolute atomic E-state index is 0.0133. The van der Waals surface area contributed by atoms with Crippen molar-refractivity contribution in [3.63, 3.8) is 0 Å². The third-order valence-electron chi connectivity index (χ3n) is 6.26. The predicted molar refractivity (Wildman–Crippen MR) is 95.9 cm³/mol. The SMILES string of the molecule is COC(=O)CN1C[C@]2(CC[C@](c3ccccc3)(N(C)C)CC2)CC1=O. The van der Waals surface area contributed by atoms with Gasteiger partial charge in [0, 0.05) is 18.5 Å². The van der Waals surface area contributed by atoms with E-state index in [0.717, 1.165) is 25.7 Å². The van der Waals surface area contributed by atoms with Gasteiger partial charge in [-0.3, -0.25) is 14.5 Å². The van der Waals surface area contributed by atoms with Crippen molar-refractivity contribution in [3.05, 3.63) is 35.9 Å². The van der Waals surface area contributed by atoms with Crippen LogP contribution in [0.25, 0.3) is 0 Å². The number of hydrogen-bond acceptors (Lipinski definition) is 4. The standard InChI is InChI=1S/C20H28N2O3/c1-21(2)20(16-7-5-4-6-8-16)11-9-19(10-12-20)13-17(23)22(15-19)14-18(24)25-3/h4-8H,9-15H2,1-3H3/t19-,20-. The highest BCUT2D eigenvalue weighted by molar-refractivity contribution is 5.84. The van der Waals surface area contributed by atoms with Crippen molar-refractivity contribution in [2.45, 2.75) is 37.6 Å². The van der Waals surface area contributed by atoms with Crippen LogP contribution in [0.15, 0.2) is 30.3 Å². The molecule has 1 saturated heterocycles. The molecule has 0 bridgehead atoms. The average Bonchev–Trinajstić information content (AvgIpc) is 2.91. The lowest BCUT2D eigenvalue weighted by atomic mass is 9.64. The highest BCUT2D eigenvalue weighted by atomic mass is 16.5. The summed E-state index contributed by atoms with van der Waals surface area (Å²) in [5.41, 5.74) is 1.40. The zero-order valence-electron chi connectivity index (χ0n) is 15.5. The van der Waals surface area contributed by atoms with Crippen LogP contribution in [0.5, 0.6) is 0 Å². The van der Waals surface area contributed by atoms with Gasteiger partial charge in [0.05, 0.1) is 7.11 Å². The maximum absolute atomic E-state index is 12.4. The minimum Gasteiger partial charge on any atom is -0.468 e. The maximum atomic E-state index is 12.4. The first-order valence-electron chi connectivity index (χ1n) is 8.98. The predicted octanol–water partition coefficient (Wildman–Crippen LogP) is 2.41. The molecule has 1 amide bonds. The number of methoxy groups -OCH3 is 1. The molecular weight excluding hydrogens is 316 g/mol. The highest BCUT2D eigenvalue weighted by Crippen LogP contribution is 2.51. The van der Waals surface area contributed by atoms with E-state index in [2.05, 4.69) is 49.3 Å². The van der Waals surface area contributed by atoms with Gasteiger partial charge < -0.3 is 9.64 Å². The number of rotatable bonds is 4. The van der Waals surface area contributed by atoms with Crippen LogP contribution in [-0.4, -0.2) is 56.0 Å². The van der Waals surface area contributed by atoms with E-state index in [1.165, 1.54) is 12.7 Å². The lowest BCUT2D eigenvalue weighted by Crippen LogP contribution is -2.47. The van der Waals surface area contributed by atoms with Crippen molar-refractivity contribution in [3.8, 4) is 0 Å². The fourth-order valence-corrected chi connectivity index (χ4v) is 4.62. The Hall–Kier alpha value is -1.88. The Labute approximate surface area is 149 Å². The van der Waals surface area contributed by atoms with E-state index in [1.54, 1.807) is 4.90 Å². The third-order valence-corrected chi connectivity index (χ3v) is 6.26. The summed E-state index contributed by atoms with van der Waals surface area (Å²) in [6.07, 6.45) is 4.63. The summed E-state index contributed by atoms with van der Waals surface area (Å²) < 4.78 is 4.72. The fourth-order valence-electron chi connectivity index (χ4n) is 4.62. The molecule has 136 valence electrons. The number of hydrogen-bond donors (Lipinski definition) is 0. The topological polar surface area (TPSA) is 49.9 Å². The van der Waals surface area contributed by atoms with Crippen molar-refractivity contribution in [1.29, 1.82) is 0 Å². The molecule has 1 aromatic carbocycles. The van der Waals surface area contributed by atoms with Gasteiger partial charge in [0.25, 0.3) is 0 Å². The van der Waals surface area contributed by atoms with Crippen LogP contribution in [-0.2, 0) is 19.9 Å². The number of esters is 1. The Balaban J connectivity index is 1.74. The summed E-state index contributed by atoms with van der Waals surface area (Å²) >= 11 is 0. The summed E-state index contributed by atoms with van der Waals surface area (Å²) in [6.45, 7) is 0.758. The lowest BCUT2D eigenvalue weighted by Gasteiger charge is -2.48. The van der Waals surface area contributed by atoms with Gasteiger partial charge in [-0.25, -0.2) is 0 Å². The summed E-state index contributed by atoms with van der Waals surface area (Å²) in [5, 5.41) is 0. The largest absolute Gasteiger partial charge is 0.468 e. The number of benzene rings is 1. The van der Waals surface area contributed by atoms with Gasteiger partial charge in [0.15, 0.2) is 0 Å². The first-order chi connectivity index (χ1) is 11.9. The number of ether oxygens (including phenoxy) is 1. The number of nitrogens with zero attached hydrogens (tertiary/aromatic N) is 2. The second-order valence-electron chi connectivity index (χ2n) is 7.79. The molecule has 3 rings (SSSR count). The second kappa shape index (κ2) is 6.79. The zero-order chi connectivity index (χ0) is 18.1. The van der Waals surface area contributed by atoms with Crippen LogP contribution in [0.3, 0.4) is 0 Å². The monoisotopic (exact) mass is 344 g/mol. The minimum atomic E-state index is -0.340. The molecule has 2 fully saturated rings. The molecule has 1 aliphatic heterocycles. The number of amides is 1. The summed E-state index contributed by atoms with van der Waals surface area (Å²) in [4.78, 5) is 27.9. The molecule has 1 saturated carbocycles. The molecule has 5 nitrogen and oxygen atoms in total. The van der Waals surface area contributed by atoms with E-state index in [1.807, 2.05) is 0 Å². The van der Waals surface area contributed by atoms with Gasteiger partial charge >= 0.3 is 5.97 Å². The smallest absolute Gasteiger partial charge is 0.325 e. The van der Waals surface area contributed by atoms with E-state index in [-0.39, 0.29) is 29.4 Å². The highest BCUT2D eigenvalue weighted by Gasteiger charge is 2.50. The molecule has 1 spiro atoms. The first kappa shape index (κ1) is 17.9.